The van der Waals surface area contributed by atoms with Crippen LogP contribution < -0.4 is 10.4 Å². The van der Waals surface area contributed by atoms with Gasteiger partial charge in [-0.1, -0.05) is 11.6 Å². The molecule has 5 heteroatoms. The van der Waals surface area contributed by atoms with Crippen molar-refractivity contribution in [2.45, 2.75) is 27.2 Å². The Kier molecular flexibility index (Phi) is 4.12. The summed E-state index contributed by atoms with van der Waals surface area (Å²) >= 11 is 0. The molecule has 0 aliphatic rings. The van der Waals surface area contributed by atoms with Crippen LogP contribution in [0.25, 0.3) is 11.0 Å². The molecule has 0 aliphatic heterocycles. The number of hydrogen-bond acceptors (Lipinski definition) is 5. The molecule has 0 unspecified atom stereocenters. The summed E-state index contributed by atoms with van der Waals surface area (Å²) in [5.74, 6) is -0.366. The average molecular weight is 288 g/mol. The van der Waals surface area contributed by atoms with Crippen LogP contribution in [0.1, 0.15) is 26.3 Å². The van der Waals surface area contributed by atoms with Crippen LogP contribution in [-0.2, 0) is 11.2 Å². The second-order valence-corrected chi connectivity index (χ2v) is 4.95. The molecule has 1 heterocycles. The van der Waals surface area contributed by atoms with Crippen LogP contribution in [0.5, 0.6) is 11.5 Å². The second kappa shape index (κ2) is 5.83. The van der Waals surface area contributed by atoms with E-state index in [9.17, 15) is 14.7 Å². The Bertz CT molecular complexity index is 779. The third-order valence-electron chi connectivity index (χ3n) is 2.93. The largest absolute Gasteiger partial charge is 0.507 e. The average Bonchev–Trinajstić information content (AvgIpc) is 2.36. The van der Waals surface area contributed by atoms with Gasteiger partial charge in [0.05, 0.1) is 5.39 Å². The predicted molar refractivity (Wildman–Crippen MR) is 78.6 cm³/mol. The van der Waals surface area contributed by atoms with Crippen molar-refractivity contribution >= 4 is 16.9 Å². The molecule has 0 saturated carbocycles. The monoisotopic (exact) mass is 288 g/mol. The van der Waals surface area contributed by atoms with Crippen LogP contribution in [0.15, 0.2) is 39.1 Å². The smallest absolute Gasteiger partial charge is 0.336 e. The molecule has 0 atom stereocenters. The van der Waals surface area contributed by atoms with E-state index in [4.69, 9.17) is 9.15 Å². The SMILES string of the molecule is CC(=O)Oc1cc2oc(=O)ccc2c(O)c1CC=C(C)C. The number of ether oxygens (including phenoxy) is 1. The van der Waals surface area contributed by atoms with Gasteiger partial charge >= 0.3 is 11.6 Å². The molecule has 110 valence electrons. The van der Waals surface area contributed by atoms with Crippen molar-refractivity contribution in [3.63, 3.8) is 0 Å². The van der Waals surface area contributed by atoms with E-state index in [1.807, 2.05) is 19.9 Å². The van der Waals surface area contributed by atoms with Crippen LogP contribution in [-0.4, -0.2) is 11.1 Å². The number of aromatic hydroxyl groups is 1. The zero-order valence-corrected chi connectivity index (χ0v) is 12.1. The first-order chi connectivity index (χ1) is 9.88. The molecule has 0 spiro atoms. The molecular weight excluding hydrogens is 272 g/mol. The quantitative estimate of drug-likeness (QED) is 0.406. The number of carbonyl (C=O) groups is 1. The number of benzene rings is 1. The number of carbonyl (C=O) groups excluding carboxylic acids is 1. The highest BCUT2D eigenvalue weighted by molar-refractivity contribution is 5.87. The van der Waals surface area contributed by atoms with Crippen molar-refractivity contribution in [1.82, 2.24) is 0 Å². The van der Waals surface area contributed by atoms with Gasteiger partial charge in [-0.2, -0.15) is 0 Å². The van der Waals surface area contributed by atoms with Crippen LogP contribution in [0, 0.1) is 0 Å². The molecule has 0 fully saturated rings. The van der Waals surface area contributed by atoms with Gasteiger partial charge in [0.25, 0.3) is 0 Å². The van der Waals surface area contributed by atoms with Crippen LogP contribution >= 0.6 is 0 Å². The molecule has 0 saturated heterocycles. The van der Waals surface area contributed by atoms with Crippen molar-refractivity contribution in [1.29, 1.82) is 0 Å². The molecule has 1 aromatic heterocycles. The first-order valence-corrected chi connectivity index (χ1v) is 6.49. The van der Waals surface area contributed by atoms with E-state index in [1.54, 1.807) is 0 Å². The topological polar surface area (TPSA) is 76.7 Å². The van der Waals surface area contributed by atoms with Crippen molar-refractivity contribution in [3.05, 3.63) is 45.8 Å². The number of phenolic OH excluding ortho intramolecular Hbond substituents is 1. The number of esters is 1. The van der Waals surface area contributed by atoms with E-state index < -0.39 is 11.6 Å². The number of phenols is 1. The van der Waals surface area contributed by atoms with Gasteiger partial charge < -0.3 is 14.3 Å². The maximum absolute atomic E-state index is 11.3. The van der Waals surface area contributed by atoms with Crippen molar-refractivity contribution in [2.75, 3.05) is 0 Å². The lowest BCUT2D eigenvalue weighted by Gasteiger charge is -2.11. The number of allylic oxidation sites excluding steroid dienone is 2. The third kappa shape index (κ3) is 3.31. The molecule has 2 aromatic rings. The standard InChI is InChI=1S/C16H16O5/c1-9(2)4-5-11-13(20-10(3)17)8-14-12(16(11)19)6-7-15(18)21-14/h4,6-8,19H,5H2,1-3H3. The van der Waals surface area contributed by atoms with Gasteiger partial charge in [-0.3, -0.25) is 4.79 Å². The van der Waals surface area contributed by atoms with Crippen molar-refractivity contribution in [2.24, 2.45) is 0 Å². The van der Waals surface area contributed by atoms with E-state index in [0.29, 0.717) is 17.4 Å². The molecule has 2 rings (SSSR count). The van der Waals surface area contributed by atoms with E-state index in [1.165, 1.54) is 25.1 Å². The highest BCUT2D eigenvalue weighted by Crippen LogP contribution is 2.36. The Hall–Kier alpha value is -2.56. The van der Waals surface area contributed by atoms with Crippen LogP contribution in [0.4, 0.5) is 0 Å². The molecule has 5 nitrogen and oxygen atoms in total. The van der Waals surface area contributed by atoms with Crippen LogP contribution in [0.3, 0.4) is 0 Å². The third-order valence-corrected chi connectivity index (χ3v) is 2.93. The summed E-state index contributed by atoms with van der Waals surface area (Å²) in [6.45, 7) is 5.14. The van der Waals surface area contributed by atoms with Crippen molar-refractivity contribution in [3.8, 4) is 11.5 Å². The van der Waals surface area contributed by atoms with Gasteiger partial charge in [0.15, 0.2) is 0 Å². The van der Waals surface area contributed by atoms with Crippen molar-refractivity contribution < 1.29 is 19.1 Å². The first kappa shape index (κ1) is 14.8. The molecule has 1 N–H and O–H groups in total. The fraction of sp³-hybridized carbons (Fsp3) is 0.250. The maximum Gasteiger partial charge on any atom is 0.336 e. The summed E-state index contributed by atoms with van der Waals surface area (Å²) < 4.78 is 10.1. The van der Waals surface area contributed by atoms with Crippen LogP contribution in [0.2, 0.25) is 0 Å². The summed E-state index contributed by atoms with van der Waals surface area (Å²) in [5, 5.41) is 10.8. The number of rotatable bonds is 3. The molecule has 21 heavy (non-hydrogen) atoms. The molecule has 0 radical (unpaired) electrons. The minimum Gasteiger partial charge on any atom is -0.507 e. The van der Waals surface area contributed by atoms with Gasteiger partial charge in [0.1, 0.15) is 17.1 Å². The Morgan fingerprint density at radius 2 is 2.05 bits per heavy atom. The minimum atomic E-state index is -0.535. The Morgan fingerprint density at radius 3 is 2.67 bits per heavy atom. The minimum absolute atomic E-state index is 0.0509. The molecule has 0 aliphatic carbocycles. The van der Waals surface area contributed by atoms with Gasteiger partial charge in [0.2, 0.25) is 0 Å². The van der Waals surface area contributed by atoms with Gasteiger partial charge in [0, 0.05) is 24.6 Å². The summed E-state index contributed by atoms with van der Waals surface area (Å²) in [6.07, 6.45) is 2.32. The Balaban J connectivity index is 2.69. The van der Waals surface area contributed by atoms with Gasteiger partial charge in [-0.05, 0) is 26.3 Å². The van der Waals surface area contributed by atoms with E-state index in [0.717, 1.165) is 5.57 Å². The summed E-state index contributed by atoms with van der Waals surface area (Å²) in [7, 11) is 0. The number of hydrogen-bond donors (Lipinski definition) is 1. The fourth-order valence-corrected chi connectivity index (χ4v) is 1.97. The Morgan fingerprint density at radius 1 is 1.33 bits per heavy atom. The molecule has 0 amide bonds. The summed E-state index contributed by atoms with van der Waals surface area (Å²) in [4.78, 5) is 22.5. The normalized spacial score (nSPS) is 10.4. The fourth-order valence-electron chi connectivity index (χ4n) is 1.97. The van der Waals surface area contributed by atoms with E-state index in [2.05, 4.69) is 0 Å². The van der Waals surface area contributed by atoms with E-state index >= 15 is 0 Å². The lowest BCUT2D eigenvalue weighted by molar-refractivity contribution is -0.131. The highest BCUT2D eigenvalue weighted by Gasteiger charge is 2.16. The summed E-state index contributed by atoms with van der Waals surface area (Å²) in [5.41, 5.74) is 1.19. The Labute approximate surface area is 121 Å². The summed E-state index contributed by atoms with van der Waals surface area (Å²) in [6, 6.07) is 4.17. The lowest BCUT2D eigenvalue weighted by Crippen LogP contribution is -2.05. The second-order valence-electron chi connectivity index (χ2n) is 4.95. The molecular formula is C16H16O5. The zero-order chi connectivity index (χ0) is 15.6. The maximum atomic E-state index is 11.3. The number of fused-ring (bicyclic) bond motifs is 1. The molecule has 1 aromatic carbocycles. The van der Waals surface area contributed by atoms with E-state index in [-0.39, 0.29) is 17.1 Å². The van der Waals surface area contributed by atoms with Gasteiger partial charge in [-0.25, -0.2) is 4.79 Å². The lowest BCUT2D eigenvalue weighted by atomic mass is 10.0. The first-order valence-electron chi connectivity index (χ1n) is 6.49. The molecule has 0 bridgehead atoms. The van der Waals surface area contributed by atoms with Gasteiger partial charge in [-0.15, -0.1) is 0 Å². The zero-order valence-electron chi connectivity index (χ0n) is 12.1. The predicted octanol–water partition coefficient (Wildman–Crippen LogP) is 2.93. The highest BCUT2D eigenvalue weighted by atomic mass is 16.5.